The summed E-state index contributed by atoms with van der Waals surface area (Å²) in [5, 5.41) is 3.18. The number of hydrogen-bond donors (Lipinski definition) is 1. The molecule has 1 N–H and O–H groups in total. The summed E-state index contributed by atoms with van der Waals surface area (Å²) >= 11 is 0. The van der Waals surface area contributed by atoms with Crippen LogP contribution in [-0.2, 0) is 22.1 Å². The van der Waals surface area contributed by atoms with E-state index in [1.165, 1.54) is 54.5 Å². The number of nitrogens with one attached hydrogen (secondary N) is 1. The molecule has 2 fully saturated rings. The number of nitrogens with zero attached hydrogens (tertiary/aromatic N) is 1. The molecule has 1 aliphatic carbocycles. The van der Waals surface area contributed by atoms with Crippen LogP contribution in [0.3, 0.4) is 0 Å². The molecule has 2 aliphatic rings. The highest BCUT2D eigenvalue weighted by molar-refractivity contribution is 5.97. The summed E-state index contributed by atoms with van der Waals surface area (Å²) in [6.45, 7) is 19.0. The third-order valence-electron chi connectivity index (χ3n) is 8.00. The highest BCUT2D eigenvalue weighted by Gasteiger charge is 2.26. The lowest BCUT2D eigenvalue weighted by atomic mass is 9.79. The average molecular weight is 479 g/mol. The number of ether oxygens (including phenoxy) is 1. The zero-order valence-corrected chi connectivity index (χ0v) is 23.1. The van der Waals surface area contributed by atoms with Gasteiger partial charge in [0.05, 0.1) is 18.8 Å². The molecule has 0 unspecified atom stereocenters. The van der Waals surface area contributed by atoms with Crippen molar-refractivity contribution >= 4 is 5.91 Å². The Balaban J connectivity index is 1.77. The summed E-state index contributed by atoms with van der Waals surface area (Å²) in [7, 11) is 0. The van der Waals surface area contributed by atoms with Crippen LogP contribution in [0.15, 0.2) is 24.3 Å². The van der Waals surface area contributed by atoms with Crippen LogP contribution in [0.25, 0.3) is 11.3 Å². The molecule has 2 heterocycles. The first-order chi connectivity index (χ1) is 16.4. The lowest BCUT2D eigenvalue weighted by Gasteiger charge is -2.27. The topological polar surface area (TPSA) is 43.3 Å². The number of hydrogen-bond acceptors (Lipinski definition) is 2. The second-order valence-corrected chi connectivity index (χ2v) is 13.1. The average Bonchev–Trinajstić information content (AvgIpc) is 3.08. The molecular weight excluding hydrogens is 432 g/mol. The lowest BCUT2D eigenvalue weighted by Crippen LogP contribution is -2.39. The fourth-order valence-electron chi connectivity index (χ4n) is 5.35. The van der Waals surface area contributed by atoms with E-state index < -0.39 is 0 Å². The van der Waals surface area contributed by atoms with Crippen molar-refractivity contribution in [1.29, 1.82) is 0 Å². The molecule has 1 saturated carbocycles. The maximum Gasteiger partial charge on any atom is 0.253 e. The van der Waals surface area contributed by atoms with Gasteiger partial charge in [-0.3, -0.25) is 4.79 Å². The summed E-state index contributed by atoms with van der Waals surface area (Å²) in [4.78, 5) is 13.3. The Kier molecular flexibility index (Phi) is 7.52. The van der Waals surface area contributed by atoms with Crippen LogP contribution in [0.5, 0.6) is 0 Å². The molecule has 1 aromatic heterocycles. The Bertz CT molecular complexity index is 1010. The zero-order valence-electron chi connectivity index (χ0n) is 23.1. The van der Waals surface area contributed by atoms with Gasteiger partial charge in [-0.25, -0.2) is 0 Å². The molecule has 1 amide bonds. The molecule has 0 radical (unpaired) electrons. The fourth-order valence-corrected chi connectivity index (χ4v) is 5.35. The second-order valence-electron chi connectivity index (χ2n) is 13.1. The van der Waals surface area contributed by atoms with Crippen molar-refractivity contribution in [2.75, 3.05) is 19.8 Å². The molecule has 1 saturated heterocycles. The van der Waals surface area contributed by atoms with Crippen molar-refractivity contribution in [2.45, 2.75) is 97.9 Å². The molecule has 1 aliphatic heterocycles. The van der Waals surface area contributed by atoms with Gasteiger partial charge in [0, 0.05) is 30.4 Å². The highest BCUT2D eigenvalue weighted by Crippen LogP contribution is 2.37. The fraction of sp³-hybridized carbons (Fsp3) is 0.645. The predicted octanol–water partition coefficient (Wildman–Crippen LogP) is 7.02. The molecule has 4 nitrogen and oxygen atoms in total. The van der Waals surface area contributed by atoms with Gasteiger partial charge >= 0.3 is 0 Å². The predicted molar refractivity (Wildman–Crippen MR) is 145 cm³/mol. The van der Waals surface area contributed by atoms with Crippen LogP contribution >= 0.6 is 0 Å². The van der Waals surface area contributed by atoms with Gasteiger partial charge in [0.2, 0.25) is 0 Å². The van der Waals surface area contributed by atoms with E-state index in [1.54, 1.807) is 0 Å². The SMILES string of the molecule is Cc1c(C(=O)NCC2COC2)cc(-c2cc(C(C)(C)C)cc(C(C)(C)C)c2)n1CC1CCCCC1. The van der Waals surface area contributed by atoms with Crippen molar-refractivity contribution in [3.05, 3.63) is 46.6 Å². The van der Waals surface area contributed by atoms with Crippen molar-refractivity contribution in [2.24, 2.45) is 11.8 Å². The number of aromatic nitrogens is 1. The number of carbonyl (C=O) groups is 1. The number of rotatable bonds is 6. The van der Waals surface area contributed by atoms with Crippen LogP contribution in [0.2, 0.25) is 0 Å². The Morgan fingerprint density at radius 2 is 1.51 bits per heavy atom. The van der Waals surface area contributed by atoms with E-state index in [4.69, 9.17) is 4.74 Å². The number of amides is 1. The minimum Gasteiger partial charge on any atom is -0.381 e. The minimum absolute atomic E-state index is 0.0427. The van der Waals surface area contributed by atoms with Crippen LogP contribution in [-0.4, -0.2) is 30.2 Å². The molecule has 0 bridgehead atoms. The summed E-state index contributed by atoms with van der Waals surface area (Å²) in [5.41, 5.74) is 7.11. The summed E-state index contributed by atoms with van der Waals surface area (Å²) in [6, 6.07) is 9.24. The minimum atomic E-state index is 0.0427. The quantitative estimate of drug-likeness (QED) is 0.485. The van der Waals surface area contributed by atoms with Crippen molar-refractivity contribution < 1.29 is 9.53 Å². The second kappa shape index (κ2) is 10.1. The van der Waals surface area contributed by atoms with Gasteiger partial charge in [-0.15, -0.1) is 0 Å². The molecule has 2 aromatic rings. The largest absolute Gasteiger partial charge is 0.381 e. The lowest BCUT2D eigenvalue weighted by molar-refractivity contribution is -0.0298. The van der Waals surface area contributed by atoms with Gasteiger partial charge in [0.15, 0.2) is 0 Å². The van der Waals surface area contributed by atoms with Crippen molar-refractivity contribution in [3.63, 3.8) is 0 Å². The third kappa shape index (κ3) is 6.02. The van der Waals surface area contributed by atoms with E-state index in [2.05, 4.69) is 82.6 Å². The van der Waals surface area contributed by atoms with E-state index in [0.717, 1.165) is 31.0 Å². The van der Waals surface area contributed by atoms with Gasteiger partial charge in [-0.2, -0.15) is 0 Å². The highest BCUT2D eigenvalue weighted by atomic mass is 16.5. The monoisotopic (exact) mass is 478 g/mol. The molecule has 1 aromatic carbocycles. The van der Waals surface area contributed by atoms with Crippen molar-refractivity contribution in [3.8, 4) is 11.3 Å². The van der Waals surface area contributed by atoms with Crippen LogP contribution in [0, 0.1) is 18.8 Å². The number of carbonyl (C=O) groups excluding carboxylic acids is 1. The Labute approximate surface area is 212 Å². The summed E-state index contributed by atoms with van der Waals surface area (Å²) < 4.78 is 7.73. The summed E-state index contributed by atoms with van der Waals surface area (Å²) in [6.07, 6.45) is 6.58. The van der Waals surface area contributed by atoms with E-state index in [9.17, 15) is 4.79 Å². The first-order valence-corrected chi connectivity index (χ1v) is 13.7. The molecule has 192 valence electrons. The van der Waals surface area contributed by atoms with E-state index in [0.29, 0.717) is 18.4 Å². The third-order valence-corrected chi connectivity index (χ3v) is 8.00. The van der Waals surface area contributed by atoms with E-state index in [1.807, 2.05) is 0 Å². The molecule has 0 atom stereocenters. The van der Waals surface area contributed by atoms with Crippen LogP contribution in [0.1, 0.15) is 101 Å². The van der Waals surface area contributed by atoms with Gasteiger partial charge < -0.3 is 14.6 Å². The first kappa shape index (κ1) is 26.0. The first-order valence-electron chi connectivity index (χ1n) is 13.7. The van der Waals surface area contributed by atoms with Gasteiger partial charge in [0.1, 0.15) is 0 Å². The van der Waals surface area contributed by atoms with Gasteiger partial charge in [0.25, 0.3) is 5.91 Å². The smallest absolute Gasteiger partial charge is 0.253 e. The Morgan fingerprint density at radius 3 is 2.03 bits per heavy atom. The molecule has 0 spiro atoms. The van der Waals surface area contributed by atoms with Gasteiger partial charge in [-0.05, 0) is 71.4 Å². The molecule has 4 rings (SSSR count). The maximum absolute atomic E-state index is 13.3. The van der Waals surface area contributed by atoms with Crippen LogP contribution in [0.4, 0.5) is 0 Å². The Hall–Kier alpha value is -2.07. The number of benzene rings is 1. The van der Waals surface area contributed by atoms with Crippen LogP contribution < -0.4 is 5.32 Å². The summed E-state index contributed by atoms with van der Waals surface area (Å²) in [5.74, 6) is 1.17. The standard InChI is InChI=1S/C31H46N2O2/c1-21-27(29(34)32-17-23-19-35-20-23)16-28(33(21)18-22-11-9-8-10-12-22)24-13-25(30(2,3)4)15-26(14-24)31(5,6)7/h13-16,22-23H,8-12,17-20H2,1-7H3,(H,32,34). The van der Waals surface area contributed by atoms with E-state index >= 15 is 0 Å². The van der Waals surface area contributed by atoms with Gasteiger partial charge in [-0.1, -0.05) is 66.9 Å². The van der Waals surface area contributed by atoms with E-state index in [-0.39, 0.29) is 16.7 Å². The molecule has 4 heteroatoms. The molecule has 35 heavy (non-hydrogen) atoms. The normalized spacial score (nSPS) is 17.9. The zero-order chi connectivity index (χ0) is 25.4. The maximum atomic E-state index is 13.3. The van der Waals surface area contributed by atoms with Crippen molar-refractivity contribution in [1.82, 2.24) is 9.88 Å². The Morgan fingerprint density at radius 1 is 0.914 bits per heavy atom. The molecular formula is C31H46N2O2.